The molecule has 17 heavy (non-hydrogen) atoms. The summed E-state index contributed by atoms with van der Waals surface area (Å²) in [5.74, 6) is -0.466. The number of nitrogens with zero attached hydrogens (tertiary/aromatic N) is 1. The standard InChI is InChI=1S/C11H15N3O3/c1-14(5-7(12)6-15)8-2-3-10-9(4-8)13-11(16)17-10/h2-4,7,15H,5-6,12H2,1H3,(H,13,16). The number of aliphatic hydroxyl groups is 1. The number of nitrogens with two attached hydrogens (primary N) is 1. The van der Waals surface area contributed by atoms with E-state index >= 15 is 0 Å². The van der Waals surface area contributed by atoms with Gasteiger partial charge in [-0.2, -0.15) is 0 Å². The number of nitrogens with one attached hydrogen (secondary N) is 1. The number of aliphatic hydroxyl groups excluding tert-OH is 1. The Bertz CT molecular complexity index is 560. The van der Waals surface area contributed by atoms with Gasteiger partial charge in [0, 0.05) is 25.3 Å². The lowest BCUT2D eigenvalue weighted by atomic mass is 10.2. The SMILES string of the molecule is CN(CC(N)CO)c1ccc2oc(=O)[nH]c2c1. The molecule has 6 nitrogen and oxygen atoms in total. The summed E-state index contributed by atoms with van der Waals surface area (Å²) in [6, 6.07) is 5.08. The summed E-state index contributed by atoms with van der Waals surface area (Å²) in [7, 11) is 1.87. The van der Waals surface area contributed by atoms with Gasteiger partial charge in [-0.3, -0.25) is 4.98 Å². The molecule has 6 heteroatoms. The number of hydrogen-bond donors (Lipinski definition) is 3. The molecule has 0 aliphatic heterocycles. The van der Waals surface area contributed by atoms with Gasteiger partial charge in [0.2, 0.25) is 0 Å². The second-order valence-electron chi connectivity index (χ2n) is 4.02. The lowest BCUT2D eigenvalue weighted by Gasteiger charge is -2.22. The van der Waals surface area contributed by atoms with Crippen LogP contribution in [0.15, 0.2) is 27.4 Å². The van der Waals surface area contributed by atoms with Gasteiger partial charge in [-0.05, 0) is 18.2 Å². The summed E-state index contributed by atoms with van der Waals surface area (Å²) < 4.78 is 4.91. The van der Waals surface area contributed by atoms with Gasteiger partial charge in [-0.15, -0.1) is 0 Å². The second kappa shape index (κ2) is 4.60. The highest BCUT2D eigenvalue weighted by atomic mass is 16.4. The van der Waals surface area contributed by atoms with Crippen molar-refractivity contribution in [2.75, 3.05) is 25.1 Å². The van der Waals surface area contributed by atoms with E-state index in [1.165, 1.54) is 0 Å². The Kier molecular flexibility index (Phi) is 3.16. The van der Waals surface area contributed by atoms with E-state index in [0.29, 0.717) is 17.6 Å². The van der Waals surface area contributed by atoms with Crippen LogP contribution in [0, 0.1) is 0 Å². The molecular formula is C11H15N3O3. The summed E-state index contributed by atoms with van der Waals surface area (Å²) >= 11 is 0. The number of likely N-dealkylation sites (N-methyl/N-ethyl adjacent to an activating group) is 1. The molecule has 1 aromatic carbocycles. The molecule has 0 spiro atoms. The molecule has 2 rings (SSSR count). The number of anilines is 1. The third kappa shape index (κ3) is 2.48. The number of oxazole rings is 1. The molecule has 1 unspecified atom stereocenters. The number of hydrogen-bond acceptors (Lipinski definition) is 5. The molecule has 0 saturated carbocycles. The van der Waals surface area contributed by atoms with Crippen molar-refractivity contribution in [1.29, 1.82) is 0 Å². The zero-order valence-corrected chi connectivity index (χ0v) is 9.51. The maximum atomic E-state index is 11.0. The molecule has 2 aromatic rings. The van der Waals surface area contributed by atoms with Crippen LogP contribution in [-0.2, 0) is 0 Å². The Balaban J connectivity index is 2.26. The largest absolute Gasteiger partial charge is 0.417 e. The predicted octanol–water partition coefficient (Wildman–Crippen LogP) is -0.123. The lowest BCUT2D eigenvalue weighted by Crippen LogP contribution is -2.37. The molecule has 1 atom stereocenters. The molecule has 1 heterocycles. The van der Waals surface area contributed by atoms with Crippen LogP contribution in [0.4, 0.5) is 5.69 Å². The zero-order chi connectivity index (χ0) is 12.4. The smallest absolute Gasteiger partial charge is 0.408 e. The van der Waals surface area contributed by atoms with E-state index < -0.39 is 5.76 Å². The summed E-state index contributed by atoms with van der Waals surface area (Å²) in [6.07, 6.45) is 0. The van der Waals surface area contributed by atoms with Crippen molar-refractivity contribution < 1.29 is 9.52 Å². The molecule has 92 valence electrons. The first kappa shape index (κ1) is 11.7. The third-order valence-electron chi connectivity index (χ3n) is 2.59. The number of aromatic nitrogens is 1. The van der Waals surface area contributed by atoms with Crippen molar-refractivity contribution in [2.24, 2.45) is 5.73 Å². The number of rotatable bonds is 4. The summed E-state index contributed by atoms with van der Waals surface area (Å²) in [5.41, 5.74) is 7.74. The van der Waals surface area contributed by atoms with Gasteiger partial charge in [0.05, 0.1) is 12.1 Å². The summed E-state index contributed by atoms with van der Waals surface area (Å²) in [6.45, 7) is 0.471. The highest BCUT2D eigenvalue weighted by Gasteiger charge is 2.08. The van der Waals surface area contributed by atoms with Crippen molar-refractivity contribution >= 4 is 16.8 Å². The second-order valence-corrected chi connectivity index (χ2v) is 4.02. The molecule has 0 saturated heterocycles. The number of benzene rings is 1. The zero-order valence-electron chi connectivity index (χ0n) is 9.51. The summed E-state index contributed by atoms with van der Waals surface area (Å²) in [5, 5.41) is 8.89. The third-order valence-corrected chi connectivity index (χ3v) is 2.59. The molecule has 0 aliphatic carbocycles. The monoisotopic (exact) mass is 237 g/mol. The van der Waals surface area contributed by atoms with Crippen LogP contribution in [0.2, 0.25) is 0 Å². The van der Waals surface area contributed by atoms with Crippen LogP contribution in [0.1, 0.15) is 0 Å². The lowest BCUT2D eigenvalue weighted by molar-refractivity contribution is 0.267. The number of H-pyrrole nitrogens is 1. The molecule has 0 aliphatic rings. The van der Waals surface area contributed by atoms with Crippen molar-refractivity contribution in [3.05, 3.63) is 28.7 Å². The number of aromatic amines is 1. The predicted molar refractivity (Wildman–Crippen MR) is 65.2 cm³/mol. The fourth-order valence-electron chi connectivity index (χ4n) is 1.69. The molecule has 0 fully saturated rings. The van der Waals surface area contributed by atoms with E-state index in [1.807, 2.05) is 24.1 Å². The van der Waals surface area contributed by atoms with Crippen LogP contribution in [0.3, 0.4) is 0 Å². The van der Waals surface area contributed by atoms with Crippen molar-refractivity contribution in [3.8, 4) is 0 Å². The molecule has 0 bridgehead atoms. The first-order valence-corrected chi connectivity index (χ1v) is 5.30. The highest BCUT2D eigenvalue weighted by Crippen LogP contribution is 2.18. The van der Waals surface area contributed by atoms with E-state index in [1.54, 1.807) is 6.07 Å². The van der Waals surface area contributed by atoms with E-state index in [9.17, 15) is 4.79 Å². The van der Waals surface area contributed by atoms with Crippen molar-refractivity contribution in [1.82, 2.24) is 4.98 Å². The van der Waals surface area contributed by atoms with Crippen LogP contribution in [0.5, 0.6) is 0 Å². The Labute approximate surface area is 97.6 Å². The Morgan fingerprint density at radius 2 is 2.35 bits per heavy atom. The van der Waals surface area contributed by atoms with Crippen LogP contribution >= 0.6 is 0 Å². The van der Waals surface area contributed by atoms with E-state index in [0.717, 1.165) is 5.69 Å². The molecule has 0 amide bonds. The first-order valence-electron chi connectivity index (χ1n) is 5.30. The molecule has 1 aromatic heterocycles. The molecular weight excluding hydrogens is 222 g/mol. The molecule has 4 N–H and O–H groups in total. The first-order chi connectivity index (χ1) is 8.10. The van der Waals surface area contributed by atoms with Gasteiger partial charge in [-0.25, -0.2) is 4.79 Å². The minimum atomic E-state index is -0.466. The average Bonchev–Trinajstić information content (AvgIpc) is 2.67. The average molecular weight is 237 g/mol. The van der Waals surface area contributed by atoms with Gasteiger partial charge in [-0.1, -0.05) is 0 Å². The fraction of sp³-hybridized carbons (Fsp3) is 0.364. The minimum absolute atomic E-state index is 0.0604. The maximum Gasteiger partial charge on any atom is 0.417 e. The quantitative estimate of drug-likeness (QED) is 0.689. The van der Waals surface area contributed by atoms with Gasteiger partial charge < -0.3 is 20.2 Å². The number of fused-ring (bicyclic) bond motifs is 1. The van der Waals surface area contributed by atoms with Gasteiger partial charge in [0.1, 0.15) is 0 Å². The van der Waals surface area contributed by atoms with E-state index in [-0.39, 0.29) is 12.6 Å². The van der Waals surface area contributed by atoms with Crippen LogP contribution < -0.4 is 16.4 Å². The van der Waals surface area contributed by atoms with Gasteiger partial charge in [0.15, 0.2) is 5.58 Å². The maximum absolute atomic E-state index is 11.0. The fourth-order valence-corrected chi connectivity index (χ4v) is 1.69. The van der Waals surface area contributed by atoms with Crippen molar-refractivity contribution in [3.63, 3.8) is 0 Å². The van der Waals surface area contributed by atoms with Crippen LogP contribution in [-0.4, -0.2) is 36.3 Å². The van der Waals surface area contributed by atoms with E-state index in [4.69, 9.17) is 15.3 Å². The Morgan fingerprint density at radius 3 is 3.06 bits per heavy atom. The topological polar surface area (TPSA) is 95.5 Å². The van der Waals surface area contributed by atoms with Gasteiger partial charge >= 0.3 is 5.76 Å². The Morgan fingerprint density at radius 1 is 1.59 bits per heavy atom. The normalized spacial score (nSPS) is 12.9. The van der Waals surface area contributed by atoms with E-state index in [2.05, 4.69) is 4.98 Å². The van der Waals surface area contributed by atoms with Gasteiger partial charge in [0.25, 0.3) is 0 Å². The van der Waals surface area contributed by atoms with Crippen molar-refractivity contribution in [2.45, 2.75) is 6.04 Å². The van der Waals surface area contributed by atoms with Crippen LogP contribution in [0.25, 0.3) is 11.1 Å². The summed E-state index contributed by atoms with van der Waals surface area (Å²) in [4.78, 5) is 15.5. The minimum Gasteiger partial charge on any atom is -0.408 e. The highest BCUT2D eigenvalue weighted by molar-refractivity contribution is 5.77. The molecule has 0 radical (unpaired) electrons. The Hall–Kier alpha value is -1.79.